The fraction of sp³-hybridized carbons (Fsp3) is 0.698. The maximum Gasteiger partial charge on any atom is 0.416 e. The number of fused-ring (bicyclic) bond motifs is 3. The lowest BCUT2D eigenvalue weighted by Gasteiger charge is -2.51. The van der Waals surface area contributed by atoms with E-state index >= 15 is 0 Å². The van der Waals surface area contributed by atoms with Crippen LogP contribution < -0.4 is 5.32 Å². The lowest BCUT2D eigenvalue weighted by Crippen LogP contribution is -2.66. The van der Waals surface area contributed by atoms with Gasteiger partial charge in [0, 0.05) is 49.8 Å². The molecule has 9 rings (SSSR count). The summed E-state index contributed by atoms with van der Waals surface area (Å²) in [5.41, 5.74) is -3.69. The Balaban J connectivity index is 0.994. The van der Waals surface area contributed by atoms with Crippen molar-refractivity contribution in [2.45, 2.75) is 95.4 Å². The third-order valence-corrected chi connectivity index (χ3v) is 14.5. The number of piperidine rings is 1. The van der Waals surface area contributed by atoms with Crippen molar-refractivity contribution >= 4 is 23.7 Å². The highest BCUT2D eigenvalue weighted by atomic mass is 19.4. The van der Waals surface area contributed by atoms with Crippen LogP contribution in [0.3, 0.4) is 0 Å². The van der Waals surface area contributed by atoms with Crippen molar-refractivity contribution < 1.29 is 59.7 Å². The lowest BCUT2D eigenvalue weighted by atomic mass is 9.70. The molecule has 6 heterocycles. The van der Waals surface area contributed by atoms with Gasteiger partial charge in [-0.3, -0.25) is 23.9 Å². The molecule has 62 heavy (non-hydrogen) atoms. The van der Waals surface area contributed by atoms with Crippen LogP contribution in [0.5, 0.6) is 0 Å². The van der Waals surface area contributed by atoms with E-state index in [1.165, 1.54) is 41.2 Å². The van der Waals surface area contributed by atoms with E-state index in [9.17, 15) is 45.5 Å². The van der Waals surface area contributed by atoms with E-state index in [-0.39, 0.29) is 74.5 Å². The Morgan fingerprint density at radius 2 is 1.60 bits per heavy atom. The molecular formula is C43H54F6N6O7. The number of carbonyl (C=O) groups is 4. The second-order valence-electron chi connectivity index (χ2n) is 18.7. The molecule has 340 valence electrons. The Morgan fingerprint density at radius 3 is 2.18 bits per heavy atom. The summed E-state index contributed by atoms with van der Waals surface area (Å²) in [4.78, 5) is 59.2. The highest BCUT2D eigenvalue weighted by Gasteiger charge is 2.71. The number of likely N-dealkylation sites (tertiary alicyclic amines) is 3. The van der Waals surface area contributed by atoms with Crippen LogP contribution in [-0.2, 0) is 41.3 Å². The van der Waals surface area contributed by atoms with Crippen LogP contribution in [0.4, 0.5) is 26.3 Å². The summed E-state index contributed by atoms with van der Waals surface area (Å²) < 4.78 is 100. The van der Waals surface area contributed by atoms with Crippen molar-refractivity contribution in [3.63, 3.8) is 0 Å². The van der Waals surface area contributed by atoms with Crippen molar-refractivity contribution in [2.24, 2.45) is 28.1 Å². The van der Waals surface area contributed by atoms with Crippen LogP contribution in [-0.4, -0.2) is 139 Å². The Hall–Kier alpha value is -4.23. The largest absolute Gasteiger partial charge is 0.469 e. The summed E-state index contributed by atoms with van der Waals surface area (Å²) in [6.07, 6.45) is -2.15. The zero-order chi connectivity index (χ0) is 44.2. The van der Waals surface area contributed by atoms with Gasteiger partial charge in [0.05, 0.1) is 74.3 Å². The molecule has 2 saturated carbocycles. The van der Waals surface area contributed by atoms with E-state index in [0.29, 0.717) is 51.3 Å². The van der Waals surface area contributed by atoms with Crippen LogP contribution in [0.2, 0.25) is 0 Å². The number of rotatable bonds is 13. The molecule has 3 amide bonds. The third kappa shape index (κ3) is 8.81. The predicted octanol–water partition coefficient (Wildman–Crippen LogP) is 4.93. The fourth-order valence-electron chi connectivity index (χ4n) is 10.2. The number of alkyl halides is 6. The van der Waals surface area contributed by atoms with Crippen molar-refractivity contribution in [1.82, 2.24) is 29.8 Å². The number of aromatic nitrogens is 2. The van der Waals surface area contributed by atoms with E-state index in [4.69, 9.17) is 14.2 Å². The number of ether oxygens (including phenoxy) is 3. The average Bonchev–Trinajstić information content (AvgIpc) is 3.79. The summed E-state index contributed by atoms with van der Waals surface area (Å²) in [6.45, 7) is 4.23. The summed E-state index contributed by atoms with van der Waals surface area (Å²) in [7, 11) is 1.37. The molecule has 7 fully saturated rings. The van der Waals surface area contributed by atoms with Gasteiger partial charge in [-0.15, -0.1) is 0 Å². The second kappa shape index (κ2) is 16.7. The zero-order valence-corrected chi connectivity index (χ0v) is 34.9. The van der Waals surface area contributed by atoms with Crippen molar-refractivity contribution in [1.29, 1.82) is 0 Å². The smallest absolute Gasteiger partial charge is 0.416 e. The molecular weight excluding hydrogens is 826 g/mol. The predicted molar refractivity (Wildman–Crippen MR) is 208 cm³/mol. The molecule has 5 aliphatic heterocycles. The van der Waals surface area contributed by atoms with Gasteiger partial charge in [-0.2, -0.15) is 31.4 Å². The Kier molecular flexibility index (Phi) is 12.0. The minimum Gasteiger partial charge on any atom is -0.469 e. The number of esters is 1. The number of hydrogen-bond acceptors (Lipinski definition) is 9. The molecule has 2 bridgehead atoms. The van der Waals surface area contributed by atoms with E-state index in [0.717, 1.165) is 42.7 Å². The first-order chi connectivity index (χ1) is 29.3. The van der Waals surface area contributed by atoms with E-state index < -0.39 is 64.5 Å². The van der Waals surface area contributed by atoms with Crippen LogP contribution >= 0.6 is 0 Å². The van der Waals surface area contributed by atoms with Crippen molar-refractivity contribution in [3.8, 4) is 0 Å². The molecule has 7 aliphatic rings. The number of nitrogens with zero attached hydrogens (tertiary/aromatic N) is 5. The highest BCUT2D eigenvalue weighted by Crippen LogP contribution is 2.60. The molecule has 2 aromatic rings. The van der Waals surface area contributed by atoms with Crippen molar-refractivity contribution in [2.75, 3.05) is 66.1 Å². The fourth-order valence-corrected chi connectivity index (χ4v) is 10.2. The van der Waals surface area contributed by atoms with E-state index in [1.54, 1.807) is 0 Å². The van der Waals surface area contributed by atoms with Crippen molar-refractivity contribution in [3.05, 3.63) is 53.3 Å². The maximum absolute atomic E-state index is 14.7. The topological polar surface area (TPSA) is 136 Å². The number of hydrogen-bond donors (Lipinski definition) is 1. The third-order valence-electron chi connectivity index (χ3n) is 14.5. The van der Waals surface area contributed by atoms with Gasteiger partial charge in [-0.25, -0.2) is 0 Å². The molecule has 0 unspecified atom stereocenters. The average molecular weight is 881 g/mol. The van der Waals surface area contributed by atoms with Crippen LogP contribution in [0.15, 0.2) is 36.7 Å². The van der Waals surface area contributed by atoms with Crippen LogP contribution in [0.1, 0.15) is 79.8 Å². The molecule has 0 radical (unpaired) electrons. The molecule has 5 saturated heterocycles. The lowest BCUT2D eigenvalue weighted by molar-refractivity contribution is -0.205. The molecule has 2 aliphatic carbocycles. The first kappa shape index (κ1) is 44.4. The van der Waals surface area contributed by atoms with Gasteiger partial charge in [-0.05, 0) is 89.1 Å². The van der Waals surface area contributed by atoms with Crippen LogP contribution in [0.25, 0.3) is 0 Å². The molecule has 1 aromatic heterocycles. The Bertz CT molecular complexity index is 1970. The SMILES string of the molecule is COC(=O)C1CCN(C[C@@H](NC(=O)[C@@H]2CN(C(=O)c3cnn(Cc4ccc(C(F)(F)F)cc4)c3)CC23CN(C(=O)C2(C(F)(F)F)CC2)C3)[C@@H](C)OCC23CCC(CC2)OC3)CC1. The Morgan fingerprint density at radius 1 is 0.935 bits per heavy atom. The number of carbonyl (C=O) groups excluding carboxylic acids is 4. The molecule has 1 N–H and O–H groups in total. The highest BCUT2D eigenvalue weighted by molar-refractivity contribution is 5.95. The number of benzene rings is 1. The summed E-state index contributed by atoms with van der Waals surface area (Å²) in [5, 5.41) is 7.47. The standard InChI is InChI=1S/C43H54F6N6O7/c1-27(61-25-39-11-7-32(8-12-39)62-26-39)34(21-52-15-9-29(10-16-52)37(58)60-2)51-35(56)33-20-53(22-40(33)23-54(24-40)38(59)41(13-14-41)43(47,48)49)36(57)30-17-50-55(19-30)18-28-3-5-31(6-4-28)42(44,45)46/h3-6,17,19,27,29,32-34H,7-16,18,20-26H2,1-2H3,(H,51,56)/t27-,32?,33+,34-,39?/m1/s1. The summed E-state index contributed by atoms with van der Waals surface area (Å²) in [6, 6.07) is 4.03. The van der Waals surface area contributed by atoms with Gasteiger partial charge < -0.3 is 34.2 Å². The number of methoxy groups -OCH3 is 1. The number of nitrogens with one attached hydrogen (secondary N) is 1. The van der Waals surface area contributed by atoms with Gasteiger partial charge in [0.1, 0.15) is 5.41 Å². The first-order valence-electron chi connectivity index (χ1n) is 21.5. The van der Waals surface area contributed by atoms with E-state index in [2.05, 4.69) is 15.3 Å². The molecule has 1 aromatic carbocycles. The first-order valence-corrected chi connectivity index (χ1v) is 21.5. The summed E-state index contributed by atoms with van der Waals surface area (Å²) >= 11 is 0. The second-order valence-corrected chi connectivity index (χ2v) is 18.7. The minimum absolute atomic E-state index is 0.00191. The quantitative estimate of drug-likeness (QED) is 0.220. The monoisotopic (exact) mass is 880 g/mol. The molecule has 19 heteroatoms. The van der Waals surface area contributed by atoms with Gasteiger partial charge in [-0.1, -0.05) is 12.1 Å². The molecule has 3 atom stereocenters. The Labute approximate surface area is 355 Å². The van der Waals surface area contributed by atoms with Gasteiger partial charge in [0.2, 0.25) is 11.8 Å². The van der Waals surface area contributed by atoms with E-state index in [1.807, 2.05) is 6.92 Å². The molecule has 1 spiro atoms. The molecule has 13 nitrogen and oxygen atoms in total. The normalized spacial score (nSPS) is 26.8. The maximum atomic E-state index is 14.7. The summed E-state index contributed by atoms with van der Waals surface area (Å²) in [5.74, 6) is -3.29. The van der Waals surface area contributed by atoms with Gasteiger partial charge in [0.15, 0.2) is 0 Å². The van der Waals surface area contributed by atoms with Crippen LogP contribution in [0, 0.1) is 28.1 Å². The van der Waals surface area contributed by atoms with Gasteiger partial charge in [0.25, 0.3) is 5.91 Å². The number of amides is 3. The minimum atomic E-state index is -4.71. The number of halogens is 6. The zero-order valence-electron chi connectivity index (χ0n) is 34.9. The van der Waals surface area contributed by atoms with Gasteiger partial charge >= 0.3 is 18.3 Å².